The second-order valence-electron chi connectivity index (χ2n) is 6.82. The number of benzene rings is 1. The number of rotatable bonds is 2. The Balaban J connectivity index is 1.62. The number of anilines is 2. The SMILES string of the molecule is Cc1nc2ccccc2nc1-c1cc2nc(N3CC[C@H](F)C3)cc(N)n2n1. The Morgan fingerprint density at radius 3 is 2.63 bits per heavy atom. The van der Waals surface area contributed by atoms with Crippen LogP contribution in [-0.4, -0.2) is 43.8 Å². The van der Waals surface area contributed by atoms with E-state index < -0.39 is 6.17 Å². The van der Waals surface area contributed by atoms with Crippen LogP contribution in [0.4, 0.5) is 16.0 Å². The monoisotopic (exact) mass is 363 g/mol. The average Bonchev–Trinajstić information content (AvgIpc) is 3.27. The van der Waals surface area contributed by atoms with Gasteiger partial charge in [-0.25, -0.2) is 19.3 Å². The number of nitrogens with zero attached hydrogens (tertiary/aromatic N) is 6. The molecule has 7 nitrogen and oxygen atoms in total. The molecular formula is C19H18FN7. The van der Waals surface area contributed by atoms with Crippen LogP contribution in [0.25, 0.3) is 28.1 Å². The molecule has 4 heterocycles. The Bertz CT molecular complexity index is 1170. The van der Waals surface area contributed by atoms with Crippen molar-refractivity contribution in [1.82, 2.24) is 24.6 Å². The van der Waals surface area contributed by atoms with Crippen molar-refractivity contribution in [3.05, 3.63) is 42.1 Å². The first-order valence-corrected chi connectivity index (χ1v) is 8.87. The quantitative estimate of drug-likeness (QED) is 0.589. The second kappa shape index (κ2) is 5.87. The third-order valence-electron chi connectivity index (χ3n) is 4.88. The molecular weight excluding hydrogens is 345 g/mol. The van der Waals surface area contributed by atoms with Crippen molar-refractivity contribution in [3.63, 3.8) is 0 Å². The highest BCUT2D eigenvalue weighted by molar-refractivity contribution is 5.78. The summed E-state index contributed by atoms with van der Waals surface area (Å²) in [4.78, 5) is 15.9. The Hall–Kier alpha value is -3.29. The van der Waals surface area contributed by atoms with Crippen molar-refractivity contribution in [2.45, 2.75) is 19.5 Å². The highest BCUT2D eigenvalue weighted by atomic mass is 19.1. The number of hydrogen-bond acceptors (Lipinski definition) is 6. The van der Waals surface area contributed by atoms with E-state index in [1.165, 1.54) is 0 Å². The number of alkyl halides is 1. The first kappa shape index (κ1) is 15.9. The number of halogens is 1. The maximum Gasteiger partial charge on any atom is 0.160 e. The standard InChI is InChI=1S/C19H18FN7/c1-11-19(23-14-5-3-2-4-13(14)22-11)15-8-18-24-17(9-16(21)27(18)25-15)26-7-6-12(20)10-26/h2-5,8-9,12H,6-7,10,21H2,1H3/t12-/m0/s1. The molecule has 136 valence electrons. The fourth-order valence-electron chi connectivity index (χ4n) is 3.52. The van der Waals surface area contributed by atoms with Gasteiger partial charge in [-0.2, -0.15) is 9.61 Å². The van der Waals surface area contributed by atoms with Crippen LogP contribution in [0.3, 0.4) is 0 Å². The van der Waals surface area contributed by atoms with Crippen LogP contribution in [0.15, 0.2) is 36.4 Å². The number of nitrogen functional groups attached to an aromatic ring is 1. The Labute approximate surface area is 154 Å². The molecule has 2 N–H and O–H groups in total. The molecule has 0 radical (unpaired) electrons. The van der Waals surface area contributed by atoms with E-state index in [0.717, 1.165) is 16.7 Å². The summed E-state index contributed by atoms with van der Waals surface area (Å²) in [5.74, 6) is 1.13. The number of aryl methyl sites for hydroxylation is 1. The molecule has 0 spiro atoms. The lowest BCUT2D eigenvalue weighted by molar-refractivity contribution is 0.364. The smallest absolute Gasteiger partial charge is 0.160 e. The van der Waals surface area contributed by atoms with Crippen molar-refractivity contribution in [3.8, 4) is 11.4 Å². The summed E-state index contributed by atoms with van der Waals surface area (Å²) in [6.45, 7) is 2.89. The van der Waals surface area contributed by atoms with E-state index in [9.17, 15) is 4.39 Å². The molecule has 3 aromatic heterocycles. The van der Waals surface area contributed by atoms with Crippen LogP contribution < -0.4 is 10.6 Å². The summed E-state index contributed by atoms with van der Waals surface area (Å²) in [5, 5.41) is 4.57. The van der Waals surface area contributed by atoms with Crippen LogP contribution >= 0.6 is 0 Å². The first-order valence-electron chi connectivity index (χ1n) is 8.87. The van der Waals surface area contributed by atoms with E-state index in [4.69, 9.17) is 10.7 Å². The van der Waals surface area contributed by atoms with E-state index in [-0.39, 0.29) is 0 Å². The van der Waals surface area contributed by atoms with Gasteiger partial charge in [-0.05, 0) is 25.5 Å². The summed E-state index contributed by atoms with van der Waals surface area (Å²) in [6, 6.07) is 11.3. The lowest BCUT2D eigenvalue weighted by atomic mass is 10.2. The first-order chi connectivity index (χ1) is 13.1. The average molecular weight is 363 g/mol. The maximum absolute atomic E-state index is 13.5. The van der Waals surface area contributed by atoms with Gasteiger partial charge >= 0.3 is 0 Å². The highest BCUT2D eigenvalue weighted by Gasteiger charge is 2.24. The van der Waals surface area contributed by atoms with Crippen molar-refractivity contribution in [2.75, 3.05) is 23.7 Å². The fraction of sp³-hybridized carbons (Fsp3) is 0.263. The molecule has 0 saturated carbocycles. The van der Waals surface area contributed by atoms with Gasteiger partial charge in [0.15, 0.2) is 5.65 Å². The number of nitrogens with two attached hydrogens (primary N) is 1. The molecule has 4 aromatic rings. The number of hydrogen-bond donors (Lipinski definition) is 1. The molecule has 0 bridgehead atoms. The van der Waals surface area contributed by atoms with Crippen molar-refractivity contribution >= 4 is 28.3 Å². The minimum atomic E-state index is -0.819. The summed E-state index contributed by atoms with van der Waals surface area (Å²) < 4.78 is 15.1. The maximum atomic E-state index is 13.5. The largest absolute Gasteiger partial charge is 0.383 e. The van der Waals surface area contributed by atoms with Crippen molar-refractivity contribution in [2.24, 2.45) is 0 Å². The molecule has 1 fully saturated rings. The van der Waals surface area contributed by atoms with Gasteiger partial charge in [0.1, 0.15) is 29.2 Å². The van der Waals surface area contributed by atoms with Crippen LogP contribution in [0.2, 0.25) is 0 Å². The third-order valence-corrected chi connectivity index (χ3v) is 4.88. The number of aromatic nitrogens is 5. The van der Waals surface area contributed by atoms with Gasteiger partial charge in [0.2, 0.25) is 0 Å². The summed E-state index contributed by atoms with van der Waals surface area (Å²) in [5.41, 5.74) is 10.6. The second-order valence-corrected chi connectivity index (χ2v) is 6.82. The molecule has 1 atom stereocenters. The third kappa shape index (κ3) is 2.64. The predicted molar refractivity (Wildman–Crippen MR) is 102 cm³/mol. The van der Waals surface area contributed by atoms with Crippen LogP contribution in [0, 0.1) is 6.92 Å². The zero-order chi connectivity index (χ0) is 18.5. The van der Waals surface area contributed by atoms with Gasteiger partial charge in [-0.15, -0.1) is 0 Å². The minimum Gasteiger partial charge on any atom is -0.383 e. The van der Waals surface area contributed by atoms with E-state index in [1.54, 1.807) is 10.6 Å². The summed E-state index contributed by atoms with van der Waals surface area (Å²) in [7, 11) is 0. The van der Waals surface area contributed by atoms with E-state index in [0.29, 0.717) is 48.2 Å². The summed E-state index contributed by atoms with van der Waals surface area (Å²) in [6.07, 6.45) is -0.302. The summed E-state index contributed by atoms with van der Waals surface area (Å²) >= 11 is 0. The van der Waals surface area contributed by atoms with Gasteiger partial charge in [-0.3, -0.25) is 0 Å². The Morgan fingerprint density at radius 2 is 1.89 bits per heavy atom. The Morgan fingerprint density at radius 1 is 1.11 bits per heavy atom. The number of fused-ring (bicyclic) bond motifs is 2. The topological polar surface area (TPSA) is 85.2 Å². The molecule has 8 heteroatoms. The van der Waals surface area contributed by atoms with E-state index in [2.05, 4.69) is 15.1 Å². The van der Waals surface area contributed by atoms with Crippen LogP contribution in [0.1, 0.15) is 12.1 Å². The van der Waals surface area contributed by atoms with Gasteiger partial charge in [-0.1, -0.05) is 12.1 Å². The molecule has 1 aliphatic rings. The minimum absolute atomic E-state index is 0.346. The zero-order valence-corrected chi connectivity index (χ0v) is 14.8. The lowest BCUT2D eigenvalue weighted by Crippen LogP contribution is -2.21. The van der Waals surface area contributed by atoms with Crippen molar-refractivity contribution < 1.29 is 4.39 Å². The molecule has 1 aliphatic heterocycles. The lowest BCUT2D eigenvalue weighted by Gasteiger charge is -2.16. The van der Waals surface area contributed by atoms with Crippen LogP contribution in [0.5, 0.6) is 0 Å². The number of para-hydroxylation sites is 2. The normalized spacial score (nSPS) is 17.3. The van der Waals surface area contributed by atoms with Crippen LogP contribution in [-0.2, 0) is 0 Å². The van der Waals surface area contributed by atoms with E-state index >= 15 is 0 Å². The molecule has 0 amide bonds. The Kier molecular flexibility index (Phi) is 3.46. The fourth-order valence-corrected chi connectivity index (χ4v) is 3.52. The molecule has 1 saturated heterocycles. The highest BCUT2D eigenvalue weighted by Crippen LogP contribution is 2.27. The molecule has 5 rings (SSSR count). The molecule has 1 aromatic carbocycles. The zero-order valence-electron chi connectivity index (χ0n) is 14.8. The van der Waals surface area contributed by atoms with Gasteiger partial charge in [0.25, 0.3) is 0 Å². The predicted octanol–water partition coefficient (Wildman–Crippen LogP) is 2.78. The van der Waals surface area contributed by atoms with Gasteiger partial charge in [0, 0.05) is 18.7 Å². The molecule has 0 aliphatic carbocycles. The van der Waals surface area contributed by atoms with Gasteiger partial charge < -0.3 is 10.6 Å². The molecule has 27 heavy (non-hydrogen) atoms. The van der Waals surface area contributed by atoms with E-state index in [1.807, 2.05) is 42.2 Å². The molecule has 0 unspecified atom stereocenters. The van der Waals surface area contributed by atoms with Gasteiger partial charge in [0.05, 0.1) is 23.3 Å². The van der Waals surface area contributed by atoms with Crippen molar-refractivity contribution in [1.29, 1.82) is 0 Å².